The summed E-state index contributed by atoms with van der Waals surface area (Å²) in [5.41, 5.74) is 3.02. The lowest BCUT2D eigenvalue weighted by Crippen LogP contribution is -2.07. The second-order valence-corrected chi connectivity index (χ2v) is 5.37. The molecule has 0 saturated carbocycles. The number of hydrogen-bond donors (Lipinski definition) is 0. The van der Waals surface area contributed by atoms with Crippen LogP contribution in [0.1, 0.15) is 36.5 Å². The van der Waals surface area contributed by atoms with E-state index in [4.69, 9.17) is 9.57 Å². The highest BCUT2D eigenvalue weighted by Gasteiger charge is 2.12. The molecule has 2 aromatic carbocycles. The van der Waals surface area contributed by atoms with Gasteiger partial charge in [0, 0.05) is 5.56 Å². The van der Waals surface area contributed by atoms with Gasteiger partial charge in [-0.05, 0) is 23.1 Å². The van der Waals surface area contributed by atoms with Crippen molar-refractivity contribution in [2.24, 2.45) is 5.16 Å². The van der Waals surface area contributed by atoms with Gasteiger partial charge in [0.2, 0.25) is 0 Å². The maximum Gasteiger partial charge on any atom is 0.187 e. The maximum absolute atomic E-state index is 9.24. The van der Waals surface area contributed by atoms with E-state index in [9.17, 15) is 5.26 Å². The van der Waals surface area contributed by atoms with Gasteiger partial charge in [-0.2, -0.15) is 5.26 Å². The van der Waals surface area contributed by atoms with Crippen molar-refractivity contribution in [3.8, 4) is 11.8 Å². The first kappa shape index (κ1) is 16.6. The summed E-state index contributed by atoms with van der Waals surface area (Å²) in [4.78, 5) is 4.74. The minimum Gasteiger partial charge on any atom is -0.489 e. The predicted octanol–water partition coefficient (Wildman–Crippen LogP) is 4.26. The SMILES string of the molecule is CON=C(C#N)c1ccccc1COc1ccccc1C(C)C. The van der Waals surface area contributed by atoms with Crippen LogP contribution in [0.5, 0.6) is 5.75 Å². The summed E-state index contributed by atoms with van der Waals surface area (Å²) in [5, 5.41) is 13.0. The molecule has 0 aliphatic carbocycles. The van der Waals surface area contributed by atoms with Gasteiger partial charge in [-0.15, -0.1) is 0 Å². The van der Waals surface area contributed by atoms with Gasteiger partial charge in [0.25, 0.3) is 0 Å². The van der Waals surface area contributed by atoms with Gasteiger partial charge < -0.3 is 9.57 Å². The molecular weight excluding hydrogens is 288 g/mol. The van der Waals surface area contributed by atoms with Crippen LogP contribution in [0.25, 0.3) is 0 Å². The Morgan fingerprint density at radius 2 is 1.83 bits per heavy atom. The highest BCUT2D eigenvalue weighted by atomic mass is 16.6. The standard InChI is InChI=1S/C19H20N2O2/c1-14(2)16-9-6-7-11-19(16)23-13-15-8-4-5-10-17(15)18(12-20)21-22-3/h4-11,14H,13H2,1-3H3. The van der Waals surface area contributed by atoms with Crippen LogP contribution >= 0.6 is 0 Å². The Hall–Kier alpha value is -2.80. The molecule has 0 aliphatic heterocycles. The summed E-state index contributed by atoms with van der Waals surface area (Å²) in [7, 11) is 1.43. The normalized spacial score (nSPS) is 11.2. The van der Waals surface area contributed by atoms with E-state index >= 15 is 0 Å². The molecule has 0 saturated heterocycles. The molecule has 2 aromatic rings. The van der Waals surface area contributed by atoms with Crippen molar-refractivity contribution in [1.29, 1.82) is 5.26 Å². The Balaban J connectivity index is 2.26. The van der Waals surface area contributed by atoms with E-state index < -0.39 is 0 Å². The zero-order chi connectivity index (χ0) is 16.7. The minimum absolute atomic E-state index is 0.240. The lowest BCUT2D eigenvalue weighted by Gasteiger charge is -2.15. The summed E-state index contributed by atoms with van der Waals surface area (Å²) < 4.78 is 5.99. The van der Waals surface area contributed by atoms with Gasteiger partial charge in [-0.3, -0.25) is 0 Å². The molecule has 2 rings (SSSR count). The van der Waals surface area contributed by atoms with E-state index in [-0.39, 0.29) is 5.71 Å². The van der Waals surface area contributed by atoms with E-state index in [0.717, 1.165) is 22.4 Å². The van der Waals surface area contributed by atoms with Crippen molar-refractivity contribution in [1.82, 2.24) is 0 Å². The van der Waals surface area contributed by atoms with Crippen molar-refractivity contribution in [2.45, 2.75) is 26.4 Å². The fraction of sp³-hybridized carbons (Fsp3) is 0.263. The maximum atomic E-state index is 9.24. The Kier molecular flexibility index (Phi) is 5.76. The van der Waals surface area contributed by atoms with Gasteiger partial charge in [-0.1, -0.05) is 61.5 Å². The molecule has 0 atom stereocenters. The van der Waals surface area contributed by atoms with Crippen LogP contribution in [0.2, 0.25) is 0 Å². The number of hydrogen-bond acceptors (Lipinski definition) is 4. The number of benzene rings is 2. The molecule has 0 amide bonds. The molecule has 0 fully saturated rings. The Morgan fingerprint density at radius 3 is 2.52 bits per heavy atom. The summed E-state index contributed by atoms with van der Waals surface area (Å²) >= 11 is 0. The quantitative estimate of drug-likeness (QED) is 0.591. The first-order chi connectivity index (χ1) is 11.2. The second kappa shape index (κ2) is 8.00. The fourth-order valence-electron chi connectivity index (χ4n) is 2.34. The lowest BCUT2D eigenvalue weighted by molar-refractivity contribution is 0.214. The molecule has 0 bridgehead atoms. The van der Waals surface area contributed by atoms with Crippen molar-refractivity contribution >= 4 is 5.71 Å². The first-order valence-corrected chi connectivity index (χ1v) is 7.48. The van der Waals surface area contributed by atoms with E-state index in [0.29, 0.717) is 12.5 Å². The van der Waals surface area contributed by atoms with E-state index in [1.807, 2.05) is 42.5 Å². The summed E-state index contributed by atoms with van der Waals surface area (Å²) in [6.45, 7) is 4.63. The van der Waals surface area contributed by atoms with Crippen LogP contribution in [0.4, 0.5) is 0 Å². The molecule has 0 heterocycles. The first-order valence-electron chi connectivity index (χ1n) is 7.48. The minimum atomic E-state index is 0.240. The second-order valence-electron chi connectivity index (χ2n) is 5.37. The van der Waals surface area contributed by atoms with Crippen molar-refractivity contribution in [2.75, 3.05) is 7.11 Å². The van der Waals surface area contributed by atoms with Gasteiger partial charge in [0.15, 0.2) is 5.71 Å². The van der Waals surface area contributed by atoms with Crippen LogP contribution in [0, 0.1) is 11.3 Å². The van der Waals surface area contributed by atoms with Crippen molar-refractivity contribution in [3.63, 3.8) is 0 Å². The smallest absolute Gasteiger partial charge is 0.187 e. The van der Waals surface area contributed by atoms with Crippen LogP contribution in [-0.4, -0.2) is 12.8 Å². The molecular formula is C19H20N2O2. The third kappa shape index (κ3) is 4.10. The van der Waals surface area contributed by atoms with Gasteiger partial charge in [-0.25, -0.2) is 0 Å². The topological polar surface area (TPSA) is 54.6 Å². The van der Waals surface area contributed by atoms with Crippen LogP contribution in [0.3, 0.4) is 0 Å². The number of nitriles is 1. The molecule has 0 spiro atoms. The van der Waals surface area contributed by atoms with Crippen molar-refractivity contribution in [3.05, 3.63) is 65.2 Å². The van der Waals surface area contributed by atoms with Gasteiger partial charge >= 0.3 is 0 Å². The molecule has 0 aromatic heterocycles. The summed E-state index contributed by atoms with van der Waals surface area (Å²) in [6.07, 6.45) is 0. The molecule has 0 radical (unpaired) electrons. The Morgan fingerprint density at radius 1 is 1.13 bits per heavy atom. The van der Waals surface area contributed by atoms with E-state index in [1.54, 1.807) is 0 Å². The third-order valence-corrected chi connectivity index (χ3v) is 3.49. The average molecular weight is 308 g/mol. The molecule has 0 aliphatic rings. The molecule has 0 N–H and O–H groups in total. The van der Waals surface area contributed by atoms with Gasteiger partial charge in [0.1, 0.15) is 25.5 Å². The number of rotatable bonds is 6. The largest absolute Gasteiger partial charge is 0.489 e. The van der Waals surface area contributed by atoms with Crippen LogP contribution < -0.4 is 4.74 Å². The lowest BCUT2D eigenvalue weighted by atomic mass is 10.0. The Labute approximate surface area is 137 Å². The Bertz CT molecular complexity index is 730. The highest BCUT2D eigenvalue weighted by molar-refractivity contribution is 6.12. The van der Waals surface area contributed by atoms with Crippen LogP contribution in [0.15, 0.2) is 53.7 Å². The zero-order valence-corrected chi connectivity index (χ0v) is 13.6. The average Bonchev–Trinajstić information content (AvgIpc) is 2.58. The highest BCUT2D eigenvalue weighted by Crippen LogP contribution is 2.27. The van der Waals surface area contributed by atoms with Crippen LogP contribution in [-0.2, 0) is 11.4 Å². The van der Waals surface area contributed by atoms with Crippen molar-refractivity contribution < 1.29 is 9.57 Å². The molecule has 0 unspecified atom stereocenters. The molecule has 118 valence electrons. The molecule has 4 heteroatoms. The number of para-hydroxylation sites is 1. The zero-order valence-electron chi connectivity index (χ0n) is 13.6. The summed E-state index contributed by atoms with van der Waals surface area (Å²) in [6, 6.07) is 17.6. The summed E-state index contributed by atoms with van der Waals surface area (Å²) in [5.74, 6) is 1.24. The predicted molar refractivity (Wildman–Crippen MR) is 90.5 cm³/mol. The number of ether oxygens (including phenoxy) is 1. The van der Waals surface area contributed by atoms with E-state index in [1.165, 1.54) is 7.11 Å². The number of nitrogens with zero attached hydrogens (tertiary/aromatic N) is 2. The molecule has 4 nitrogen and oxygen atoms in total. The monoisotopic (exact) mass is 308 g/mol. The van der Waals surface area contributed by atoms with Gasteiger partial charge in [0.05, 0.1) is 0 Å². The molecule has 23 heavy (non-hydrogen) atoms. The third-order valence-electron chi connectivity index (χ3n) is 3.49. The van der Waals surface area contributed by atoms with E-state index in [2.05, 4.69) is 31.1 Å². The fourth-order valence-corrected chi connectivity index (χ4v) is 2.34. The number of oxime groups is 1.